The van der Waals surface area contributed by atoms with Gasteiger partial charge in [0.05, 0.1) is 0 Å². The molecule has 1 aliphatic carbocycles. The van der Waals surface area contributed by atoms with E-state index in [9.17, 15) is 13.2 Å². The molecule has 0 aromatic heterocycles. The van der Waals surface area contributed by atoms with Crippen molar-refractivity contribution < 1.29 is 13.2 Å². The largest absolute Gasteiger partial charge is 0.243 e. The van der Waals surface area contributed by atoms with Gasteiger partial charge in [0.1, 0.15) is 12.3 Å². The Labute approximate surface area is 76.8 Å². The number of rotatable bonds is 2. The highest BCUT2D eigenvalue weighted by atomic mass is 19.2. The Morgan fingerprint density at radius 2 is 1.85 bits per heavy atom. The van der Waals surface area contributed by atoms with E-state index >= 15 is 0 Å². The van der Waals surface area contributed by atoms with Crippen molar-refractivity contribution >= 4 is 0 Å². The lowest BCUT2D eigenvalue weighted by Gasteiger charge is -2.30. The average molecular weight is 192 g/mol. The summed E-state index contributed by atoms with van der Waals surface area (Å²) in [5, 5.41) is 0. The van der Waals surface area contributed by atoms with E-state index in [1.807, 2.05) is 0 Å². The quantitative estimate of drug-likeness (QED) is 0.588. The van der Waals surface area contributed by atoms with Crippen LogP contribution in [-0.2, 0) is 0 Å². The van der Waals surface area contributed by atoms with Crippen molar-refractivity contribution in [1.29, 1.82) is 0 Å². The summed E-state index contributed by atoms with van der Waals surface area (Å²) < 4.78 is 39.6. The van der Waals surface area contributed by atoms with E-state index in [2.05, 4.69) is 0 Å². The van der Waals surface area contributed by atoms with Crippen LogP contribution in [0.3, 0.4) is 0 Å². The summed E-state index contributed by atoms with van der Waals surface area (Å²) >= 11 is 0. The van der Waals surface area contributed by atoms with Crippen LogP contribution in [0.4, 0.5) is 13.2 Å². The zero-order chi connectivity index (χ0) is 10.0. The summed E-state index contributed by atoms with van der Waals surface area (Å²) in [7, 11) is 0. The van der Waals surface area contributed by atoms with Crippen LogP contribution in [0.2, 0.25) is 0 Å². The van der Waals surface area contributed by atoms with Crippen molar-refractivity contribution in [2.75, 3.05) is 0 Å². The zero-order valence-electron chi connectivity index (χ0n) is 7.93. The van der Waals surface area contributed by atoms with Gasteiger partial charge in [0.15, 0.2) is 6.17 Å². The van der Waals surface area contributed by atoms with Gasteiger partial charge in [-0.3, -0.25) is 0 Å². The third-order valence-corrected chi connectivity index (χ3v) is 2.70. The molecule has 0 heterocycles. The van der Waals surface area contributed by atoms with Gasteiger partial charge in [-0.15, -0.1) is 0 Å². The summed E-state index contributed by atoms with van der Waals surface area (Å²) in [5.41, 5.74) is 0.410. The number of hydrogen-bond donors (Lipinski definition) is 0. The van der Waals surface area contributed by atoms with Gasteiger partial charge in [-0.2, -0.15) is 0 Å². The first-order valence-electron chi connectivity index (χ1n) is 4.74. The first-order chi connectivity index (χ1) is 6.11. The van der Waals surface area contributed by atoms with E-state index in [1.165, 1.54) is 0 Å². The van der Waals surface area contributed by atoms with Gasteiger partial charge in [0, 0.05) is 5.92 Å². The van der Waals surface area contributed by atoms with Gasteiger partial charge in [-0.1, -0.05) is 13.8 Å². The van der Waals surface area contributed by atoms with Crippen LogP contribution < -0.4 is 0 Å². The molecule has 3 heteroatoms. The lowest BCUT2D eigenvalue weighted by atomic mass is 9.82. The molecule has 0 N–H and O–H groups in total. The maximum absolute atomic E-state index is 13.5. The Morgan fingerprint density at radius 1 is 1.23 bits per heavy atom. The highest BCUT2D eigenvalue weighted by Gasteiger charge is 2.39. The fraction of sp³-hybridized carbons (Fsp3) is 0.800. The van der Waals surface area contributed by atoms with E-state index in [-0.39, 0.29) is 0 Å². The number of allylic oxidation sites excluding steroid dienone is 2. The number of halogens is 3. The molecule has 4 atom stereocenters. The summed E-state index contributed by atoms with van der Waals surface area (Å²) in [6, 6.07) is 0. The Morgan fingerprint density at radius 3 is 2.31 bits per heavy atom. The van der Waals surface area contributed by atoms with Crippen LogP contribution in [0.5, 0.6) is 0 Å². The van der Waals surface area contributed by atoms with Gasteiger partial charge >= 0.3 is 0 Å². The molecular weight excluding hydrogens is 177 g/mol. The van der Waals surface area contributed by atoms with Gasteiger partial charge in [-0.25, -0.2) is 13.2 Å². The molecule has 0 radical (unpaired) electrons. The summed E-state index contributed by atoms with van der Waals surface area (Å²) in [6.45, 7) is 3.45. The molecule has 0 amide bonds. The monoisotopic (exact) mass is 192 g/mol. The average Bonchev–Trinajstić information content (AvgIpc) is 2.12. The van der Waals surface area contributed by atoms with Crippen LogP contribution in [-0.4, -0.2) is 18.5 Å². The molecule has 4 unspecified atom stereocenters. The lowest BCUT2D eigenvalue weighted by molar-refractivity contribution is 0.0735. The predicted molar refractivity (Wildman–Crippen MR) is 46.8 cm³/mol. The van der Waals surface area contributed by atoms with Crippen molar-refractivity contribution in [2.24, 2.45) is 5.92 Å². The molecule has 0 spiro atoms. The topological polar surface area (TPSA) is 0 Å². The van der Waals surface area contributed by atoms with E-state index < -0.39 is 24.4 Å². The first-order valence-corrected chi connectivity index (χ1v) is 4.74. The second kappa shape index (κ2) is 4.16. The molecule has 0 saturated heterocycles. The van der Waals surface area contributed by atoms with Crippen molar-refractivity contribution in [3.63, 3.8) is 0 Å². The smallest absolute Gasteiger partial charge is 0.150 e. The second-order valence-corrected chi connectivity index (χ2v) is 3.46. The maximum Gasteiger partial charge on any atom is 0.150 e. The highest BCUT2D eigenvalue weighted by molar-refractivity contribution is 5.18. The fourth-order valence-electron chi connectivity index (χ4n) is 1.81. The highest BCUT2D eigenvalue weighted by Crippen LogP contribution is 2.34. The number of alkyl halides is 3. The number of hydrogen-bond acceptors (Lipinski definition) is 0. The minimum Gasteiger partial charge on any atom is -0.243 e. The fourth-order valence-corrected chi connectivity index (χ4v) is 1.81. The lowest BCUT2D eigenvalue weighted by Crippen LogP contribution is -2.37. The minimum atomic E-state index is -1.67. The van der Waals surface area contributed by atoms with Gasteiger partial charge in [0.2, 0.25) is 0 Å². The Kier molecular flexibility index (Phi) is 3.40. The van der Waals surface area contributed by atoms with Gasteiger partial charge in [0.25, 0.3) is 0 Å². The molecular formula is C10H15F3. The van der Waals surface area contributed by atoms with Crippen molar-refractivity contribution in [3.05, 3.63) is 11.6 Å². The van der Waals surface area contributed by atoms with E-state index in [1.54, 1.807) is 13.8 Å². The predicted octanol–water partition coefficient (Wildman–Crippen LogP) is 3.38. The van der Waals surface area contributed by atoms with E-state index in [4.69, 9.17) is 0 Å². The second-order valence-electron chi connectivity index (χ2n) is 3.46. The third-order valence-electron chi connectivity index (χ3n) is 2.70. The molecule has 76 valence electrons. The van der Waals surface area contributed by atoms with Crippen LogP contribution >= 0.6 is 0 Å². The summed E-state index contributed by atoms with van der Waals surface area (Å²) in [4.78, 5) is 0. The molecule has 0 saturated carbocycles. The Balaban J connectivity index is 2.86. The van der Waals surface area contributed by atoms with Gasteiger partial charge < -0.3 is 0 Å². The van der Waals surface area contributed by atoms with E-state index in [0.717, 1.165) is 6.08 Å². The molecule has 0 bridgehead atoms. The van der Waals surface area contributed by atoms with Crippen molar-refractivity contribution in [3.8, 4) is 0 Å². The van der Waals surface area contributed by atoms with Crippen LogP contribution in [0.15, 0.2) is 11.6 Å². The van der Waals surface area contributed by atoms with Crippen LogP contribution in [0, 0.1) is 5.92 Å². The molecule has 0 aromatic carbocycles. The summed E-state index contributed by atoms with van der Waals surface area (Å²) in [6.07, 6.45) is -2.67. The molecule has 0 aromatic rings. The van der Waals surface area contributed by atoms with Crippen LogP contribution in [0.25, 0.3) is 0 Å². The van der Waals surface area contributed by atoms with Crippen LogP contribution in [0.1, 0.15) is 26.7 Å². The molecule has 13 heavy (non-hydrogen) atoms. The molecule has 0 aliphatic heterocycles. The summed E-state index contributed by atoms with van der Waals surface area (Å²) in [5.74, 6) is -0.796. The molecule has 0 nitrogen and oxygen atoms in total. The van der Waals surface area contributed by atoms with Gasteiger partial charge in [-0.05, 0) is 24.5 Å². The SMILES string of the molecule is CCC1=CC(F)C(F)C(CC)C1F. The minimum absolute atomic E-state index is 0.347. The van der Waals surface area contributed by atoms with Crippen molar-refractivity contribution in [1.82, 2.24) is 0 Å². The molecule has 1 aliphatic rings. The first kappa shape index (κ1) is 10.6. The molecule has 1 rings (SSSR count). The molecule has 0 fully saturated rings. The van der Waals surface area contributed by atoms with E-state index in [0.29, 0.717) is 18.4 Å². The Hall–Kier alpha value is -0.470. The maximum atomic E-state index is 13.5. The third kappa shape index (κ3) is 1.89. The normalized spacial score (nSPS) is 40.2. The Bertz CT molecular complexity index is 200. The van der Waals surface area contributed by atoms with Crippen molar-refractivity contribution in [2.45, 2.75) is 45.2 Å². The standard InChI is InChI=1S/C10H15F3/c1-3-6-5-8(11)10(13)7(4-2)9(6)12/h5,7-10H,3-4H2,1-2H3. The zero-order valence-corrected chi connectivity index (χ0v) is 7.93.